The lowest BCUT2D eigenvalue weighted by atomic mass is 10.0. The van der Waals surface area contributed by atoms with Crippen molar-refractivity contribution in [2.24, 2.45) is 5.92 Å². The standard InChI is InChI=1S/C26H21ClFN5O2/c27-18-7-4-8-19(22(18)28)31-24-23-20(29-15-30-24)9-10-21(32-23)26-11-17(26)12-33(14-26)25(34)35-13-16-5-2-1-3-6-16/h1-10,15,17H,11-14H2,(H,29,30,31). The molecule has 0 bridgehead atoms. The molecule has 1 saturated heterocycles. The predicted molar refractivity (Wildman–Crippen MR) is 130 cm³/mol. The van der Waals surface area contributed by atoms with Crippen LogP contribution in [0.4, 0.5) is 20.7 Å². The van der Waals surface area contributed by atoms with E-state index in [1.165, 1.54) is 12.4 Å². The number of piperidine rings is 1. The van der Waals surface area contributed by atoms with Gasteiger partial charge in [-0.15, -0.1) is 0 Å². The predicted octanol–water partition coefficient (Wildman–Crippen LogP) is 5.47. The SMILES string of the molecule is O=C(OCc1ccccc1)N1CC2CC2(c2ccc3ncnc(Nc4cccc(Cl)c4F)c3n2)C1. The first-order valence-electron chi connectivity index (χ1n) is 11.3. The van der Waals surface area contributed by atoms with E-state index in [-0.39, 0.29) is 28.8 Å². The Labute approximate surface area is 205 Å². The Balaban J connectivity index is 1.23. The maximum absolute atomic E-state index is 14.5. The molecule has 4 aromatic rings. The van der Waals surface area contributed by atoms with Crippen LogP contribution in [0.25, 0.3) is 11.0 Å². The number of aromatic nitrogens is 3. The average Bonchev–Trinajstić information content (AvgIpc) is 3.46. The summed E-state index contributed by atoms with van der Waals surface area (Å²) in [4.78, 5) is 27.9. The number of hydrogen-bond acceptors (Lipinski definition) is 6. The van der Waals surface area contributed by atoms with E-state index < -0.39 is 5.82 Å². The lowest BCUT2D eigenvalue weighted by Gasteiger charge is -2.21. The summed E-state index contributed by atoms with van der Waals surface area (Å²) in [5.41, 5.74) is 2.99. The fraction of sp³-hybridized carbons (Fsp3) is 0.231. The number of likely N-dealkylation sites (tertiary alicyclic amines) is 1. The fourth-order valence-electron chi connectivity index (χ4n) is 4.87. The third-order valence-electron chi connectivity index (χ3n) is 6.81. The maximum atomic E-state index is 14.5. The highest BCUT2D eigenvalue weighted by atomic mass is 35.5. The van der Waals surface area contributed by atoms with Crippen molar-refractivity contribution in [2.45, 2.75) is 18.4 Å². The minimum atomic E-state index is -0.557. The number of amides is 1. The Hall–Kier alpha value is -3.78. The minimum absolute atomic E-state index is 0.0203. The van der Waals surface area contributed by atoms with E-state index in [0.29, 0.717) is 35.9 Å². The second-order valence-electron chi connectivity index (χ2n) is 8.99. The zero-order chi connectivity index (χ0) is 24.0. The zero-order valence-electron chi connectivity index (χ0n) is 18.6. The van der Waals surface area contributed by atoms with E-state index in [1.807, 2.05) is 42.5 Å². The topological polar surface area (TPSA) is 80.2 Å². The molecule has 176 valence electrons. The van der Waals surface area contributed by atoms with E-state index in [0.717, 1.165) is 17.7 Å². The van der Waals surface area contributed by atoms with Crippen LogP contribution in [0.15, 0.2) is 67.0 Å². The molecule has 6 rings (SSSR count). The van der Waals surface area contributed by atoms with E-state index >= 15 is 0 Å². The van der Waals surface area contributed by atoms with Crippen LogP contribution in [-0.2, 0) is 16.8 Å². The summed E-state index contributed by atoms with van der Waals surface area (Å²) < 4.78 is 20.0. The molecule has 2 unspecified atom stereocenters. The van der Waals surface area contributed by atoms with Gasteiger partial charge in [0.25, 0.3) is 0 Å². The van der Waals surface area contributed by atoms with Crippen LogP contribution in [0.5, 0.6) is 0 Å². The highest BCUT2D eigenvalue weighted by Gasteiger charge is 2.63. The molecule has 7 nitrogen and oxygen atoms in total. The van der Waals surface area contributed by atoms with Gasteiger partial charge in [-0.1, -0.05) is 48.0 Å². The van der Waals surface area contributed by atoms with Gasteiger partial charge < -0.3 is 15.0 Å². The van der Waals surface area contributed by atoms with Crippen molar-refractivity contribution in [3.63, 3.8) is 0 Å². The molecule has 1 saturated carbocycles. The van der Waals surface area contributed by atoms with Crippen LogP contribution < -0.4 is 5.32 Å². The number of benzene rings is 2. The summed E-state index contributed by atoms with van der Waals surface area (Å²) in [5, 5.41) is 3.02. The smallest absolute Gasteiger partial charge is 0.410 e. The Morgan fingerprint density at radius 3 is 2.86 bits per heavy atom. The Bertz CT molecular complexity index is 1440. The van der Waals surface area contributed by atoms with Crippen molar-refractivity contribution in [3.05, 3.63) is 89.1 Å². The third-order valence-corrected chi connectivity index (χ3v) is 7.10. The molecule has 2 aromatic carbocycles. The molecule has 0 spiro atoms. The van der Waals surface area contributed by atoms with Crippen LogP contribution in [0.1, 0.15) is 17.7 Å². The van der Waals surface area contributed by atoms with Crippen LogP contribution in [0.2, 0.25) is 5.02 Å². The highest BCUT2D eigenvalue weighted by molar-refractivity contribution is 6.31. The second-order valence-corrected chi connectivity index (χ2v) is 9.40. The van der Waals surface area contributed by atoms with Crippen LogP contribution >= 0.6 is 11.6 Å². The minimum Gasteiger partial charge on any atom is -0.445 e. The Kier molecular flexibility index (Phi) is 5.25. The van der Waals surface area contributed by atoms with Gasteiger partial charge in [0.1, 0.15) is 18.5 Å². The van der Waals surface area contributed by atoms with Gasteiger partial charge >= 0.3 is 6.09 Å². The monoisotopic (exact) mass is 489 g/mol. The number of nitrogens with zero attached hydrogens (tertiary/aromatic N) is 4. The summed E-state index contributed by atoms with van der Waals surface area (Å²) in [5.74, 6) is 0.158. The van der Waals surface area contributed by atoms with Gasteiger partial charge in [-0.05, 0) is 42.2 Å². The van der Waals surface area contributed by atoms with Crippen molar-refractivity contribution in [1.29, 1.82) is 0 Å². The van der Waals surface area contributed by atoms with Gasteiger partial charge in [0.2, 0.25) is 0 Å². The number of anilines is 2. The van der Waals surface area contributed by atoms with Crippen LogP contribution in [0.3, 0.4) is 0 Å². The fourth-order valence-corrected chi connectivity index (χ4v) is 5.04. The maximum Gasteiger partial charge on any atom is 0.410 e. The lowest BCUT2D eigenvalue weighted by Crippen LogP contribution is -2.33. The van der Waals surface area contributed by atoms with E-state index in [4.69, 9.17) is 21.3 Å². The number of pyridine rings is 1. The summed E-state index contributed by atoms with van der Waals surface area (Å²) in [6, 6.07) is 18.2. The van der Waals surface area contributed by atoms with Gasteiger partial charge in [-0.3, -0.25) is 0 Å². The first-order chi connectivity index (χ1) is 17.0. The van der Waals surface area contributed by atoms with Gasteiger partial charge in [-0.25, -0.2) is 24.1 Å². The van der Waals surface area contributed by atoms with Crippen molar-refractivity contribution in [1.82, 2.24) is 19.9 Å². The molecule has 1 aliphatic heterocycles. The molecule has 35 heavy (non-hydrogen) atoms. The van der Waals surface area contributed by atoms with Gasteiger partial charge in [0.05, 0.1) is 16.2 Å². The van der Waals surface area contributed by atoms with Gasteiger partial charge in [0.15, 0.2) is 11.6 Å². The van der Waals surface area contributed by atoms with Gasteiger partial charge in [0, 0.05) is 24.2 Å². The number of carbonyl (C=O) groups excluding carboxylic acids is 1. The van der Waals surface area contributed by atoms with Crippen molar-refractivity contribution < 1.29 is 13.9 Å². The summed E-state index contributed by atoms with van der Waals surface area (Å²) in [7, 11) is 0. The molecule has 2 aromatic heterocycles. The molecule has 2 atom stereocenters. The van der Waals surface area contributed by atoms with Crippen molar-refractivity contribution in [2.75, 3.05) is 18.4 Å². The number of rotatable bonds is 5. The molecule has 1 aliphatic carbocycles. The number of ether oxygens (including phenoxy) is 1. The van der Waals surface area contributed by atoms with Crippen molar-refractivity contribution >= 4 is 40.2 Å². The number of fused-ring (bicyclic) bond motifs is 2. The van der Waals surface area contributed by atoms with E-state index in [1.54, 1.807) is 17.0 Å². The summed E-state index contributed by atoms with van der Waals surface area (Å²) in [6.07, 6.45) is 2.04. The van der Waals surface area contributed by atoms with Crippen LogP contribution in [0, 0.1) is 11.7 Å². The quantitative estimate of drug-likeness (QED) is 0.400. The molecule has 2 aliphatic rings. The molecule has 2 fully saturated rings. The van der Waals surface area contributed by atoms with E-state index in [9.17, 15) is 9.18 Å². The molecule has 3 heterocycles. The number of halogens is 2. The third kappa shape index (κ3) is 3.93. The largest absolute Gasteiger partial charge is 0.445 e. The number of nitrogens with one attached hydrogen (secondary N) is 1. The first-order valence-corrected chi connectivity index (χ1v) is 11.7. The highest BCUT2D eigenvalue weighted by Crippen LogP contribution is 2.58. The molecule has 0 radical (unpaired) electrons. The molecular weight excluding hydrogens is 469 g/mol. The molecule has 1 N–H and O–H groups in total. The first kappa shape index (κ1) is 21.7. The summed E-state index contributed by atoms with van der Waals surface area (Å²) >= 11 is 5.92. The Morgan fingerprint density at radius 1 is 1.14 bits per heavy atom. The number of carbonyl (C=O) groups is 1. The van der Waals surface area contributed by atoms with E-state index in [2.05, 4.69) is 15.3 Å². The normalized spacial score (nSPS) is 20.5. The zero-order valence-corrected chi connectivity index (χ0v) is 19.4. The average molecular weight is 490 g/mol. The lowest BCUT2D eigenvalue weighted by molar-refractivity contribution is 0.0996. The van der Waals surface area contributed by atoms with Crippen molar-refractivity contribution in [3.8, 4) is 0 Å². The number of hydrogen-bond donors (Lipinski definition) is 1. The second kappa shape index (κ2) is 8.46. The molecule has 9 heteroatoms. The van der Waals surface area contributed by atoms with Crippen LogP contribution in [-0.4, -0.2) is 39.0 Å². The Morgan fingerprint density at radius 2 is 2.00 bits per heavy atom. The summed E-state index contributed by atoms with van der Waals surface area (Å²) in [6.45, 7) is 1.43. The van der Waals surface area contributed by atoms with Gasteiger partial charge in [-0.2, -0.15) is 0 Å². The molecule has 1 amide bonds. The molecular formula is C26H21ClFN5O2.